The normalized spacial score (nSPS) is 15.6. The first-order valence-corrected chi connectivity index (χ1v) is 8.05. The van der Waals surface area contributed by atoms with Crippen molar-refractivity contribution in [2.75, 3.05) is 26.2 Å². The number of halogens is 1. The summed E-state index contributed by atoms with van der Waals surface area (Å²) >= 11 is 0. The minimum Gasteiger partial charge on any atom is -0.508 e. The number of phenolic OH excluding ortho intramolecular Hbond substituents is 1. The fraction of sp³-hybridized carbons (Fsp3) is 0.529. The van der Waals surface area contributed by atoms with Crippen molar-refractivity contribution in [1.82, 2.24) is 9.80 Å². The molecule has 1 heterocycles. The molecule has 2 rings (SSSR count). The molecule has 0 aliphatic carbocycles. The van der Waals surface area contributed by atoms with Gasteiger partial charge in [0.05, 0.1) is 6.54 Å². The van der Waals surface area contributed by atoms with Gasteiger partial charge in [0.2, 0.25) is 0 Å². The third-order valence-electron chi connectivity index (χ3n) is 3.62. The van der Waals surface area contributed by atoms with Gasteiger partial charge >= 0.3 is 6.09 Å². The molecule has 1 aliphatic heterocycles. The number of nitrogens with two attached hydrogens (primary N) is 1. The molecule has 140 valence electrons. The van der Waals surface area contributed by atoms with E-state index < -0.39 is 5.60 Å². The van der Waals surface area contributed by atoms with Gasteiger partial charge in [-0.1, -0.05) is 12.1 Å². The van der Waals surface area contributed by atoms with Crippen molar-refractivity contribution < 1.29 is 14.6 Å². The van der Waals surface area contributed by atoms with Crippen LogP contribution < -0.4 is 5.73 Å². The lowest BCUT2D eigenvalue weighted by molar-refractivity contribution is 0.0186. The molecule has 0 aromatic heterocycles. The lowest BCUT2D eigenvalue weighted by atomic mass is 10.2. The lowest BCUT2D eigenvalue weighted by Gasteiger charge is -2.36. The third kappa shape index (κ3) is 6.97. The molecule has 0 atom stereocenters. The van der Waals surface area contributed by atoms with Crippen molar-refractivity contribution in [3.8, 4) is 5.75 Å². The van der Waals surface area contributed by atoms with Crippen LogP contribution in [-0.2, 0) is 11.3 Å². The fourth-order valence-electron chi connectivity index (χ4n) is 2.32. The Bertz CT molecular complexity index is 591. The van der Waals surface area contributed by atoms with Crippen molar-refractivity contribution in [3.63, 3.8) is 0 Å². The number of benzene rings is 1. The van der Waals surface area contributed by atoms with E-state index in [1.54, 1.807) is 17.0 Å². The van der Waals surface area contributed by atoms with Gasteiger partial charge in [0.1, 0.15) is 11.4 Å². The van der Waals surface area contributed by atoms with Crippen LogP contribution in [0.2, 0.25) is 0 Å². The molecule has 0 radical (unpaired) electrons. The van der Waals surface area contributed by atoms with Crippen LogP contribution in [0.4, 0.5) is 4.79 Å². The SMILES string of the molecule is CC(C)(C)OC(=O)N1CCN(C(N)=NCc2ccc(O)cc2)CC1.I. The van der Waals surface area contributed by atoms with Gasteiger partial charge in [-0.15, -0.1) is 24.0 Å². The number of phenols is 1. The van der Waals surface area contributed by atoms with E-state index in [2.05, 4.69) is 4.99 Å². The van der Waals surface area contributed by atoms with Gasteiger partial charge < -0.3 is 25.4 Å². The van der Waals surface area contributed by atoms with Gasteiger partial charge in [-0.05, 0) is 38.5 Å². The number of rotatable bonds is 2. The highest BCUT2D eigenvalue weighted by molar-refractivity contribution is 14.0. The first-order valence-electron chi connectivity index (χ1n) is 8.05. The molecule has 0 spiro atoms. The standard InChI is InChI=1S/C17H26N4O3.HI/c1-17(2,3)24-16(23)21-10-8-20(9-11-21)15(18)19-12-13-4-6-14(22)7-5-13;/h4-7,22H,8-12H2,1-3H3,(H2,18,19);1H. The second-order valence-corrected chi connectivity index (χ2v) is 6.80. The summed E-state index contributed by atoms with van der Waals surface area (Å²) in [5.74, 6) is 0.695. The molecule has 1 amide bonds. The number of nitrogens with zero attached hydrogens (tertiary/aromatic N) is 3. The van der Waals surface area contributed by atoms with Crippen LogP contribution in [0, 0.1) is 0 Å². The molecule has 1 aromatic carbocycles. The van der Waals surface area contributed by atoms with Gasteiger partial charge in [-0.3, -0.25) is 0 Å². The van der Waals surface area contributed by atoms with Crippen molar-refractivity contribution in [2.45, 2.75) is 32.9 Å². The average Bonchev–Trinajstić information content (AvgIpc) is 2.52. The second kappa shape index (κ2) is 9.12. The summed E-state index contributed by atoms with van der Waals surface area (Å²) in [5.41, 5.74) is 6.53. The molecule has 1 saturated heterocycles. The number of hydrogen-bond acceptors (Lipinski definition) is 4. The Labute approximate surface area is 165 Å². The Kier molecular flexibility index (Phi) is 7.78. The van der Waals surface area contributed by atoms with Crippen LogP contribution in [0.15, 0.2) is 29.3 Å². The van der Waals surface area contributed by atoms with E-state index in [0.717, 1.165) is 5.56 Å². The quantitative estimate of drug-likeness (QED) is 0.400. The average molecular weight is 462 g/mol. The number of ether oxygens (including phenoxy) is 1. The Morgan fingerprint density at radius 2 is 1.68 bits per heavy atom. The largest absolute Gasteiger partial charge is 0.508 e. The van der Waals surface area contributed by atoms with Crippen molar-refractivity contribution >= 4 is 36.0 Å². The van der Waals surface area contributed by atoms with Crippen molar-refractivity contribution in [2.24, 2.45) is 10.7 Å². The minimum atomic E-state index is -0.487. The molecular formula is C17H27IN4O3. The van der Waals surface area contributed by atoms with Gasteiger partial charge in [-0.2, -0.15) is 0 Å². The minimum absolute atomic E-state index is 0. The molecule has 1 aromatic rings. The molecule has 0 unspecified atom stereocenters. The second-order valence-electron chi connectivity index (χ2n) is 6.80. The zero-order chi connectivity index (χ0) is 17.7. The maximum Gasteiger partial charge on any atom is 0.410 e. The molecule has 1 aliphatic rings. The number of guanidine groups is 1. The van der Waals surface area contributed by atoms with E-state index in [-0.39, 0.29) is 35.8 Å². The zero-order valence-electron chi connectivity index (χ0n) is 14.9. The monoisotopic (exact) mass is 462 g/mol. The number of carbonyl (C=O) groups is 1. The van der Waals surface area contributed by atoms with E-state index in [0.29, 0.717) is 38.7 Å². The number of amides is 1. The van der Waals surface area contributed by atoms with Crippen LogP contribution in [0.1, 0.15) is 26.3 Å². The highest BCUT2D eigenvalue weighted by Gasteiger charge is 2.26. The van der Waals surface area contributed by atoms with Crippen LogP contribution in [0.3, 0.4) is 0 Å². The van der Waals surface area contributed by atoms with Crippen LogP contribution in [-0.4, -0.2) is 58.7 Å². The Balaban J connectivity index is 0.00000312. The van der Waals surface area contributed by atoms with Crippen LogP contribution in [0.5, 0.6) is 5.75 Å². The smallest absolute Gasteiger partial charge is 0.410 e. The summed E-state index contributed by atoms with van der Waals surface area (Å²) in [6.07, 6.45) is -0.290. The van der Waals surface area contributed by atoms with E-state index in [9.17, 15) is 9.90 Å². The summed E-state index contributed by atoms with van der Waals surface area (Å²) in [5, 5.41) is 9.27. The zero-order valence-corrected chi connectivity index (χ0v) is 17.3. The summed E-state index contributed by atoms with van der Waals surface area (Å²) in [7, 11) is 0. The predicted octanol–water partition coefficient (Wildman–Crippen LogP) is 2.38. The molecule has 1 fully saturated rings. The molecule has 25 heavy (non-hydrogen) atoms. The lowest BCUT2D eigenvalue weighted by Crippen LogP contribution is -2.53. The first-order chi connectivity index (χ1) is 11.2. The van der Waals surface area contributed by atoms with Crippen LogP contribution >= 0.6 is 24.0 Å². The van der Waals surface area contributed by atoms with E-state index in [1.165, 1.54) is 0 Å². The number of aromatic hydroxyl groups is 1. The number of hydrogen-bond donors (Lipinski definition) is 2. The van der Waals surface area contributed by atoms with Crippen molar-refractivity contribution in [1.29, 1.82) is 0 Å². The fourth-order valence-corrected chi connectivity index (χ4v) is 2.32. The maximum atomic E-state index is 12.0. The Morgan fingerprint density at radius 3 is 2.20 bits per heavy atom. The Hall–Kier alpha value is -1.71. The van der Waals surface area contributed by atoms with Gasteiger partial charge in [0.25, 0.3) is 0 Å². The summed E-state index contributed by atoms with van der Waals surface area (Å²) < 4.78 is 5.37. The maximum absolute atomic E-state index is 12.0. The van der Waals surface area contributed by atoms with E-state index in [1.807, 2.05) is 37.8 Å². The molecule has 8 heteroatoms. The van der Waals surface area contributed by atoms with Gasteiger partial charge in [-0.25, -0.2) is 9.79 Å². The number of piperazine rings is 1. The summed E-state index contributed by atoms with van der Waals surface area (Å²) in [6.45, 7) is 8.40. The van der Waals surface area contributed by atoms with Gasteiger partial charge in [0, 0.05) is 26.2 Å². The first kappa shape index (κ1) is 21.3. The Morgan fingerprint density at radius 1 is 1.16 bits per heavy atom. The third-order valence-corrected chi connectivity index (χ3v) is 3.62. The molecule has 7 nitrogen and oxygen atoms in total. The van der Waals surface area contributed by atoms with Gasteiger partial charge in [0.15, 0.2) is 5.96 Å². The molecule has 0 bridgehead atoms. The van der Waals surface area contributed by atoms with E-state index in [4.69, 9.17) is 10.5 Å². The highest BCUT2D eigenvalue weighted by atomic mass is 127. The van der Waals surface area contributed by atoms with E-state index >= 15 is 0 Å². The number of aliphatic imine (C=N–C) groups is 1. The topological polar surface area (TPSA) is 91.4 Å². The molecule has 3 N–H and O–H groups in total. The molecular weight excluding hydrogens is 435 g/mol. The highest BCUT2D eigenvalue weighted by Crippen LogP contribution is 2.13. The summed E-state index contributed by atoms with van der Waals surface area (Å²) in [6, 6.07) is 6.88. The molecule has 0 saturated carbocycles. The van der Waals surface area contributed by atoms with Crippen molar-refractivity contribution in [3.05, 3.63) is 29.8 Å². The van der Waals surface area contributed by atoms with Crippen LogP contribution in [0.25, 0.3) is 0 Å². The predicted molar refractivity (Wildman–Crippen MR) is 108 cm³/mol. The number of carbonyl (C=O) groups excluding carboxylic acids is 1. The summed E-state index contributed by atoms with van der Waals surface area (Å²) in [4.78, 5) is 20.1.